The van der Waals surface area contributed by atoms with Crippen LogP contribution in [0.4, 0.5) is 36.3 Å². The van der Waals surface area contributed by atoms with E-state index in [2.05, 4.69) is 24.9 Å². The lowest BCUT2D eigenvalue weighted by molar-refractivity contribution is -0.137. The first kappa shape index (κ1) is 22.8. The highest BCUT2D eigenvalue weighted by Gasteiger charge is 2.31. The molecule has 11 heteroatoms. The minimum absolute atomic E-state index is 0.209. The first-order valence-corrected chi connectivity index (χ1v) is 11.8. The van der Waals surface area contributed by atoms with E-state index in [1.165, 1.54) is 12.1 Å². The fourth-order valence-corrected chi connectivity index (χ4v) is 4.62. The second-order valence-electron chi connectivity index (χ2n) is 7.72. The Morgan fingerprint density at radius 1 is 0.939 bits per heavy atom. The van der Waals surface area contributed by atoms with Crippen LogP contribution < -0.4 is 14.9 Å². The molecule has 0 atom stereocenters. The molecule has 0 unspecified atom stereocenters. The Hall–Kier alpha value is -3.34. The van der Waals surface area contributed by atoms with E-state index < -0.39 is 26.7 Å². The number of nitrogens with one attached hydrogen (secondary N) is 2. The number of sulfonamides is 1. The number of anilines is 4. The highest BCUT2D eigenvalue weighted by molar-refractivity contribution is 7.92. The minimum atomic E-state index is -4.63. The first-order chi connectivity index (χ1) is 15.6. The van der Waals surface area contributed by atoms with Crippen molar-refractivity contribution in [2.45, 2.75) is 30.8 Å². The van der Waals surface area contributed by atoms with Gasteiger partial charge in [0.2, 0.25) is 5.95 Å². The zero-order valence-corrected chi connectivity index (χ0v) is 18.5. The van der Waals surface area contributed by atoms with Gasteiger partial charge in [-0.25, -0.2) is 13.4 Å². The molecule has 3 aromatic rings. The summed E-state index contributed by atoms with van der Waals surface area (Å²) in [6, 6.07) is 11.8. The molecule has 0 saturated carbocycles. The quantitative estimate of drug-likeness (QED) is 0.523. The summed E-state index contributed by atoms with van der Waals surface area (Å²) < 4.78 is 66.1. The van der Waals surface area contributed by atoms with Gasteiger partial charge in [0.25, 0.3) is 10.0 Å². The third-order valence-corrected chi connectivity index (χ3v) is 6.51. The standard InChI is InChI=1S/C22H22F3N5O2S/c1-15-13-20(30-11-2-3-12-30)28-21(26-15)27-17-7-9-18(10-8-17)29-33(31,32)19-6-4-5-16(14-19)22(23,24)25/h4-10,13-14,29H,2-3,11-12H2,1H3,(H,26,27,28). The van der Waals surface area contributed by atoms with Crippen LogP contribution in [-0.4, -0.2) is 31.5 Å². The molecule has 1 aliphatic rings. The van der Waals surface area contributed by atoms with Crippen molar-refractivity contribution in [2.24, 2.45) is 0 Å². The summed E-state index contributed by atoms with van der Waals surface area (Å²) in [7, 11) is -4.19. The van der Waals surface area contributed by atoms with Crippen molar-refractivity contribution < 1.29 is 21.6 Å². The molecule has 2 aromatic carbocycles. The molecule has 7 nitrogen and oxygen atoms in total. The highest BCUT2D eigenvalue weighted by atomic mass is 32.2. The lowest BCUT2D eigenvalue weighted by Gasteiger charge is -2.17. The molecule has 0 bridgehead atoms. The number of nitrogens with zero attached hydrogens (tertiary/aromatic N) is 3. The number of aryl methyl sites for hydroxylation is 1. The number of aromatic nitrogens is 2. The average Bonchev–Trinajstić information content (AvgIpc) is 3.29. The van der Waals surface area contributed by atoms with E-state index in [4.69, 9.17) is 0 Å². The fraction of sp³-hybridized carbons (Fsp3) is 0.273. The van der Waals surface area contributed by atoms with Crippen LogP contribution in [0.1, 0.15) is 24.1 Å². The molecule has 2 N–H and O–H groups in total. The monoisotopic (exact) mass is 477 g/mol. The number of hydrogen-bond acceptors (Lipinski definition) is 6. The van der Waals surface area contributed by atoms with Gasteiger partial charge in [-0.05, 0) is 62.2 Å². The van der Waals surface area contributed by atoms with Crippen molar-refractivity contribution in [2.75, 3.05) is 28.0 Å². The van der Waals surface area contributed by atoms with E-state index in [0.29, 0.717) is 17.7 Å². The Balaban J connectivity index is 1.48. The second-order valence-corrected chi connectivity index (χ2v) is 9.40. The Labute approximate surface area is 189 Å². The van der Waals surface area contributed by atoms with Crippen molar-refractivity contribution in [1.82, 2.24) is 9.97 Å². The van der Waals surface area contributed by atoms with Crippen LogP contribution in [0.2, 0.25) is 0 Å². The fourth-order valence-electron chi connectivity index (χ4n) is 3.52. The molecule has 33 heavy (non-hydrogen) atoms. The molecule has 0 amide bonds. The van der Waals surface area contributed by atoms with Crippen molar-refractivity contribution in [1.29, 1.82) is 0 Å². The summed E-state index contributed by atoms with van der Waals surface area (Å²) >= 11 is 0. The zero-order chi connectivity index (χ0) is 23.6. The Bertz CT molecular complexity index is 1240. The Kier molecular flexibility index (Phi) is 6.15. The molecular formula is C22H22F3N5O2S. The summed E-state index contributed by atoms with van der Waals surface area (Å²) in [5.74, 6) is 1.28. The van der Waals surface area contributed by atoms with Crippen LogP contribution in [0.25, 0.3) is 0 Å². The average molecular weight is 478 g/mol. The van der Waals surface area contributed by atoms with Gasteiger partial charge in [-0.2, -0.15) is 18.2 Å². The van der Waals surface area contributed by atoms with Gasteiger partial charge in [0, 0.05) is 36.2 Å². The van der Waals surface area contributed by atoms with Crippen LogP contribution in [0.15, 0.2) is 59.5 Å². The molecule has 1 saturated heterocycles. The molecule has 1 aliphatic heterocycles. The third-order valence-electron chi connectivity index (χ3n) is 5.14. The molecular weight excluding hydrogens is 455 g/mol. The predicted molar refractivity (Wildman–Crippen MR) is 120 cm³/mol. The molecule has 1 aromatic heterocycles. The largest absolute Gasteiger partial charge is 0.416 e. The van der Waals surface area contributed by atoms with Crippen LogP contribution in [0.5, 0.6) is 0 Å². The summed E-state index contributed by atoms with van der Waals surface area (Å²) in [5.41, 5.74) is 0.632. The van der Waals surface area contributed by atoms with Crippen molar-refractivity contribution in [3.8, 4) is 0 Å². The molecule has 1 fully saturated rings. The lowest BCUT2D eigenvalue weighted by Crippen LogP contribution is -2.19. The number of rotatable bonds is 6. The maximum Gasteiger partial charge on any atom is 0.416 e. The number of hydrogen-bond donors (Lipinski definition) is 2. The molecule has 0 radical (unpaired) electrons. The van der Waals surface area contributed by atoms with E-state index in [0.717, 1.165) is 55.6 Å². The van der Waals surface area contributed by atoms with Gasteiger partial charge in [0.1, 0.15) is 5.82 Å². The van der Waals surface area contributed by atoms with E-state index in [1.807, 2.05) is 13.0 Å². The maximum atomic E-state index is 12.9. The van der Waals surface area contributed by atoms with Crippen LogP contribution in [-0.2, 0) is 16.2 Å². The number of alkyl halides is 3. The zero-order valence-electron chi connectivity index (χ0n) is 17.7. The van der Waals surface area contributed by atoms with Gasteiger partial charge in [-0.15, -0.1) is 0 Å². The summed E-state index contributed by atoms with van der Waals surface area (Å²) in [4.78, 5) is 10.7. The van der Waals surface area contributed by atoms with E-state index in [-0.39, 0.29) is 5.69 Å². The minimum Gasteiger partial charge on any atom is -0.356 e. The lowest BCUT2D eigenvalue weighted by atomic mass is 10.2. The normalized spacial score (nSPS) is 14.4. The molecule has 2 heterocycles. The van der Waals surface area contributed by atoms with E-state index in [9.17, 15) is 21.6 Å². The number of benzene rings is 2. The number of halogens is 3. The van der Waals surface area contributed by atoms with Crippen molar-refractivity contribution in [3.05, 3.63) is 65.9 Å². The van der Waals surface area contributed by atoms with E-state index in [1.54, 1.807) is 12.1 Å². The summed E-state index contributed by atoms with van der Waals surface area (Å²) in [6.45, 7) is 3.80. The topological polar surface area (TPSA) is 87.2 Å². The second kappa shape index (κ2) is 8.89. The Morgan fingerprint density at radius 3 is 2.27 bits per heavy atom. The van der Waals surface area contributed by atoms with Gasteiger partial charge in [-0.1, -0.05) is 6.07 Å². The van der Waals surface area contributed by atoms with Crippen molar-refractivity contribution >= 4 is 33.2 Å². The van der Waals surface area contributed by atoms with Crippen LogP contribution >= 0.6 is 0 Å². The maximum absolute atomic E-state index is 12.9. The van der Waals surface area contributed by atoms with Gasteiger partial charge < -0.3 is 10.2 Å². The molecule has 0 aliphatic carbocycles. The van der Waals surface area contributed by atoms with Crippen LogP contribution in [0.3, 0.4) is 0 Å². The SMILES string of the molecule is Cc1cc(N2CCCC2)nc(Nc2ccc(NS(=O)(=O)c3cccc(C(F)(F)F)c3)cc2)n1. The van der Waals surface area contributed by atoms with Crippen molar-refractivity contribution in [3.63, 3.8) is 0 Å². The molecule has 174 valence electrons. The smallest absolute Gasteiger partial charge is 0.356 e. The first-order valence-electron chi connectivity index (χ1n) is 10.3. The molecule has 4 rings (SSSR count). The Morgan fingerprint density at radius 2 is 1.61 bits per heavy atom. The summed E-state index contributed by atoms with van der Waals surface area (Å²) in [6.07, 6.45) is -2.38. The summed E-state index contributed by atoms with van der Waals surface area (Å²) in [5, 5.41) is 3.10. The van der Waals surface area contributed by atoms with Gasteiger partial charge in [0.05, 0.1) is 10.5 Å². The van der Waals surface area contributed by atoms with Gasteiger partial charge in [-0.3, -0.25) is 4.72 Å². The van der Waals surface area contributed by atoms with E-state index >= 15 is 0 Å². The van der Waals surface area contributed by atoms with Crippen LogP contribution in [0, 0.1) is 6.92 Å². The predicted octanol–water partition coefficient (Wildman–Crippen LogP) is 4.95. The highest BCUT2D eigenvalue weighted by Crippen LogP contribution is 2.31. The van der Waals surface area contributed by atoms with Gasteiger partial charge in [0.15, 0.2) is 0 Å². The molecule has 0 spiro atoms. The third kappa shape index (κ3) is 5.54. The van der Waals surface area contributed by atoms with Gasteiger partial charge >= 0.3 is 6.18 Å².